The number of carbonyl (C=O) groups is 1. The topological polar surface area (TPSA) is 17.1 Å². The van der Waals surface area contributed by atoms with Gasteiger partial charge in [-0.1, -0.05) is 25.4 Å². The van der Waals surface area contributed by atoms with Crippen molar-refractivity contribution in [2.75, 3.05) is 0 Å². The summed E-state index contributed by atoms with van der Waals surface area (Å²) in [5, 5.41) is 0.630. The molecule has 0 saturated carbocycles. The smallest absolute Gasteiger partial charge is 0.165 e. The van der Waals surface area contributed by atoms with E-state index >= 15 is 0 Å². The van der Waals surface area contributed by atoms with Crippen LogP contribution < -0.4 is 0 Å². The lowest BCUT2D eigenvalue weighted by Gasteiger charge is -2.07. The molecule has 1 aromatic rings. The van der Waals surface area contributed by atoms with Crippen LogP contribution >= 0.6 is 27.5 Å². The maximum Gasteiger partial charge on any atom is 0.165 e. The zero-order chi connectivity index (χ0) is 10.7. The second-order valence-corrected chi connectivity index (χ2v) is 4.56. The summed E-state index contributed by atoms with van der Waals surface area (Å²) in [6.07, 6.45) is 0.860. The number of rotatable bonds is 3. The lowest BCUT2D eigenvalue weighted by molar-refractivity contribution is 0.0927. The summed E-state index contributed by atoms with van der Waals surface area (Å²) >= 11 is 9.14. The first-order valence-electron chi connectivity index (χ1n) is 4.55. The highest BCUT2D eigenvalue weighted by molar-refractivity contribution is 9.10. The van der Waals surface area contributed by atoms with Crippen LogP contribution in [0, 0.1) is 5.92 Å². The minimum absolute atomic E-state index is 0.0723. The Labute approximate surface area is 97.6 Å². The summed E-state index contributed by atoms with van der Waals surface area (Å²) in [6.45, 7) is 3.94. The SMILES string of the molecule is CCC(C)C(=O)c1ccc(Cl)c(Br)c1. The Morgan fingerprint density at radius 3 is 2.71 bits per heavy atom. The largest absolute Gasteiger partial charge is 0.294 e. The van der Waals surface area contributed by atoms with Crippen LogP contribution in [0.15, 0.2) is 22.7 Å². The van der Waals surface area contributed by atoms with E-state index < -0.39 is 0 Å². The van der Waals surface area contributed by atoms with Crippen molar-refractivity contribution in [1.82, 2.24) is 0 Å². The lowest BCUT2D eigenvalue weighted by Crippen LogP contribution is -2.09. The summed E-state index contributed by atoms with van der Waals surface area (Å²) in [5.74, 6) is 0.243. The Morgan fingerprint density at radius 2 is 2.21 bits per heavy atom. The molecule has 0 aromatic heterocycles. The molecule has 0 saturated heterocycles. The number of ketones is 1. The average molecular weight is 276 g/mol. The minimum Gasteiger partial charge on any atom is -0.294 e. The molecule has 0 N–H and O–H groups in total. The third-order valence-corrected chi connectivity index (χ3v) is 3.48. The van der Waals surface area contributed by atoms with Gasteiger partial charge in [-0.15, -0.1) is 0 Å². The monoisotopic (exact) mass is 274 g/mol. The highest BCUT2D eigenvalue weighted by Gasteiger charge is 2.13. The minimum atomic E-state index is 0.0723. The molecule has 76 valence electrons. The van der Waals surface area contributed by atoms with Gasteiger partial charge < -0.3 is 0 Å². The van der Waals surface area contributed by atoms with Crippen LogP contribution in [-0.2, 0) is 0 Å². The van der Waals surface area contributed by atoms with Crippen molar-refractivity contribution in [2.45, 2.75) is 20.3 Å². The number of benzene rings is 1. The highest BCUT2D eigenvalue weighted by Crippen LogP contribution is 2.24. The van der Waals surface area contributed by atoms with E-state index in [0.29, 0.717) is 5.02 Å². The van der Waals surface area contributed by atoms with Gasteiger partial charge in [-0.25, -0.2) is 0 Å². The van der Waals surface area contributed by atoms with Crippen LogP contribution in [0.5, 0.6) is 0 Å². The van der Waals surface area contributed by atoms with Gasteiger partial charge in [-0.2, -0.15) is 0 Å². The van der Waals surface area contributed by atoms with Crippen LogP contribution in [0.1, 0.15) is 30.6 Å². The van der Waals surface area contributed by atoms with Gasteiger partial charge in [0.2, 0.25) is 0 Å². The van der Waals surface area contributed by atoms with Crippen LogP contribution in [0.25, 0.3) is 0 Å². The first kappa shape index (κ1) is 11.7. The summed E-state index contributed by atoms with van der Waals surface area (Å²) in [7, 11) is 0. The van der Waals surface area contributed by atoms with E-state index in [-0.39, 0.29) is 11.7 Å². The number of carbonyl (C=O) groups excluding carboxylic acids is 1. The quantitative estimate of drug-likeness (QED) is 0.750. The molecule has 0 aliphatic carbocycles. The number of Topliss-reactive ketones (excluding diaryl/α,β-unsaturated/α-hetero) is 1. The molecule has 1 atom stereocenters. The van der Waals surface area contributed by atoms with E-state index in [4.69, 9.17) is 11.6 Å². The van der Waals surface area contributed by atoms with E-state index in [9.17, 15) is 4.79 Å². The molecule has 0 radical (unpaired) electrons. The summed E-state index contributed by atoms with van der Waals surface area (Å²) < 4.78 is 0.772. The van der Waals surface area contributed by atoms with Gasteiger partial charge in [-0.05, 0) is 40.5 Å². The van der Waals surface area contributed by atoms with Crippen LogP contribution in [0.3, 0.4) is 0 Å². The van der Waals surface area contributed by atoms with E-state index in [1.165, 1.54) is 0 Å². The van der Waals surface area contributed by atoms with Gasteiger partial charge in [0.1, 0.15) is 0 Å². The number of hydrogen-bond acceptors (Lipinski definition) is 1. The van der Waals surface area contributed by atoms with Gasteiger partial charge in [0.05, 0.1) is 5.02 Å². The molecule has 0 aliphatic rings. The van der Waals surface area contributed by atoms with Crippen molar-refractivity contribution in [1.29, 1.82) is 0 Å². The lowest BCUT2D eigenvalue weighted by atomic mass is 9.97. The van der Waals surface area contributed by atoms with Crippen molar-refractivity contribution < 1.29 is 4.79 Å². The molecule has 0 amide bonds. The Balaban J connectivity index is 2.97. The third kappa shape index (κ3) is 2.58. The summed E-state index contributed by atoms with van der Waals surface area (Å²) in [6, 6.07) is 5.28. The molecule has 1 aromatic carbocycles. The van der Waals surface area contributed by atoms with Crippen molar-refractivity contribution in [2.24, 2.45) is 5.92 Å². The molecule has 0 heterocycles. The molecule has 1 rings (SSSR count). The molecule has 14 heavy (non-hydrogen) atoms. The molecule has 0 spiro atoms. The Morgan fingerprint density at radius 1 is 1.57 bits per heavy atom. The fraction of sp³-hybridized carbons (Fsp3) is 0.364. The summed E-state index contributed by atoms with van der Waals surface area (Å²) in [5.41, 5.74) is 0.718. The summed E-state index contributed by atoms with van der Waals surface area (Å²) in [4.78, 5) is 11.8. The van der Waals surface area contributed by atoms with Gasteiger partial charge >= 0.3 is 0 Å². The molecular formula is C11H12BrClO. The van der Waals surface area contributed by atoms with Crippen molar-refractivity contribution in [3.8, 4) is 0 Å². The zero-order valence-corrected chi connectivity index (χ0v) is 10.5. The predicted molar refractivity (Wildman–Crippen MR) is 62.9 cm³/mol. The molecule has 0 fully saturated rings. The second-order valence-electron chi connectivity index (χ2n) is 3.30. The molecule has 0 aliphatic heterocycles. The Hall–Kier alpha value is -0.340. The van der Waals surface area contributed by atoms with Crippen LogP contribution in [0.2, 0.25) is 5.02 Å². The van der Waals surface area contributed by atoms with Gasteiger partial charge in [0, 0.05) is 16.0 Å². The molecule has 0 bridgehead atoms. The third-order valence-electron chi connectivity index (χ3n) is 2.26. The van der Waals surface area contributed by atoms with Crippen molar-refractivity contribution in [3.63, 3.8) is 0 Å². The van der Waals surface area contributed by atoms with Gasteiger partial charge in [0.15, 0.2) is 5.78 Å². The highest BCUT2D eigenvalue weighted by atomic mass is 79.9. The predicted octanol–water partition coefficient (Wildman–Crippen LogP) is 4.33. The average Bonchev–Trinajstić information content (AvgIpc) is 2.20. The van der Waals surface area contributed by atoms with E-state index in [1.807, 2.05) is 13.8 Å². The normalized spacial score (nSPS) is 12.6. The Bertz CT molecular complexity index is 349. The van der Waals surface area contributed by atoms with Crippen molar-refractivity contribution in [3.05, 3.63) is 33.3 Å². The van der Waals surface area contributed by atoms with Crippen LogP contribution in [-0.4, -0.2) is 5.78 Å². The molecular weight excluding hydrogens is 263 g/mol. The van der Waals surface area contributed by atoms with Gasteiger partial charge in [-0.3, -0.25) is 4.79 Å². The van der Waals surface area contributed by atoms with E-state index in [0.717, 1.165) is 16.5 Å². The van der Waals surface area contributed by atoms with Gasteiger partial charge in [0.25, 0.3) is 0 Å². The fourth-order valence-electron chi connectivity index (χ4n) is 1.12. The number of hydrogen-bond donors (Lipinski definition) is 0. The zero-order valence-electron chi connectivity index (χ0n) is 8.18. The van der Waals surface area contributed by atoms with E-state index in [1.54, 1.807) is 18.2 Å². The second kappa shape index (κ2) is 4.94. The fourth-order valence-corrected chi connectivity index (χ4v) is 1.62. The first-order chi connectivity index (χ1) is 6.56. The molecule has 3 heteroatoms. The Kier molecular flexibility index (Phi) is 4.14. The molecule has 1 unspecified atom stereocenters. The van der Waals surface area contributed by atoms with Crippen molar-refractivity contribution >= 4 is 33.3 Å². The van der Waals surface area contributed by atoms with Crippen LogP contribution in [0.4, 0.5) is 0 Å². The first-order valence-corrected chi connectivity index (χ1v) is 5.72. The maximum absolute atomic E-state index is 11.8. The van der Waals surface area contributed by atoms with E-state index in [2.05, 4.69) is 15.9 Å². The standard InChI is InChI=1S/C11H12BrClO/c1-3-7(2)11(14)8-4-5-10(13)9(12)6-8/h4-7H,3H2,1-2H3. The molecule has 1 nitrogen and oxygen atoms in total. The number of halogens is 2. The maximum atomic E-state index is 11.8.